The van der Waals surface area contributed by atoms with Gasteiger partial charge in [0.05, 0.1) is 17.9 Å². The number of rotatable bonds is 2. The first-order valence-corrected chi connectivity index (χ1v) is 4.97. The summed E-state index contributed by atoms with van der Waals surface area (Å²) < 4.78 is 2.97. The molecule has 2 heterocycles. The summed E-state index contributed by atoms with van der Waals surface area (Å²) in [4.78, 5) is 19.4. The van der Waals surface area contributed by atoms with Gasteiger partial charge in [-0.05, 0) is 20.3 Å². The molecule has 0 aliphatic heterocycles. The molecule has 0 amide bonds. The van der Waals surface area contributed by atoms with Crippen LogP contribution in [0.5, 0.6) is 0 Å². The summed E-state index contributed by atoms with van der Waals surface area (Å²) in [6.07, 6.45) is 2.43. The predicted molar refractivity (Wildman–Crippen MR) is 54.8 cm³/mol. The van der Waals surface area contributed by atoms with Gasteiger partial charge in [0.25, 0.3) is 5.78 Å². The third-order valence-electron chi connectivity index (χ3n) is 2.18. The van der Waals surface area contributed by atoms with Gasteiger partial charge >= 0.3 is 5.69 Å². The van der Waals surface area contributed by atoms with Gasteiger partial charge in [0, 0.05) is 0 Å². The summed E-state index contributed by atoms with van der Waals surface area (Å²) in [5.74, 6) is 0.353. The van der Waals surface area contributed by atoms with Crippen LogP contribution in [-0.4, -0.2) is 24.4 Å². The lowest BCUT2D eigenvalue weighted by Crippen LogP contribution is -2.23. The molecule has 0 bridgehead atoms. The SMILES string of the molecule is CCc1cnc2nc(=O)n(C(C)C)n2n1. The maximum Gasteiger partial charge on any atom is 0.367 e. The van der Waals surface area contributed by atoms with E-state index in [0.717, 1.165) is 12.1 Å². The molecule has 0 unspecified atom stereocenters. The zero-order valence-electron chi connectivity index (χ0n) is 9.01. The van der Waals surface area contributed by atoms with Gasteiger partial charge in [0.2, 0.25) is 0 Å². The van der Waals surface area contributed by atoms with Gasteiger partial charge in [-0.1, -0.05) is 6.92 Å². The molecule has 6 heteroatoms. The third kappa shape index (κ3) is 1.51. The lowest BCUT2D eigenvalue weighted by molar-refractivity contribution is 0.450. The van der Waals surface area contributed by atoms with Gasteiger partial charge in [-0.25, -0.2) is 14.5 Å². The van der Waals surface area contributed by atoms with E-state index in [1.54, 1.807) is 6.20 Å². The summed E-state index contributed by atoms with van der Waals surface area (Å²) in [5, 5.41) is 4.29. The maximum atomic E-state index is 11.5. The van der Waals surface area contributed by atoms with Gasteiger partial charge in [-0.2, -0.15) is 10.1 Å². The fourth-order valence-electron chi connectivity index (χ4n) is 1.41. The molecule has 0 aromatic carbocycles. The van der Waals surface area contributed by atoms with Crippen molar-refractivity contribution >= 4 is 5.78 Å². The van der Waals surface area contributed by atoms with Crippen molar-refractivity contribution in [1.29, 1.82) is 0 Å². The molecule has 0 radical (unpaired) electrons. The van der Waals surface area contributed by atoms with Gasteiger partial charge in [-0.15, -0.1) is 4.63 Å². The first-order valence-electron chi connectivity index (χ1n) is 4.97. The molecule has 0 atom stereocenters. The number of hydrogen-bond donors (Lipinski definition) is 0. The highest BCUT2D eigenvalue weighted by atomic mass is 16.2. The number of aromatic nitrogens is 5. The van der Waals surface area contributed by atoms with Crippen LogP contribution in [0.4, 0.5) is 0 Å². The fraction of sp³-hybridized carbons (Fsp3) is 0.556. The summed E-state index contributed by atoms with van der Waals surface area (Å²) in [6.45, 7) is 5.82. The van der Waals surface area contributed by atoms with E-state index in [0.29, 0.717) is 5.78 Å². The van der Waals surface area contributed by atoms with E-state index in [2.05, 4.69) is 15.1 Å². The Morgan fingerprint density at radius 3 is 2.80 bits per heavy atom. The van der Waals surface area contributed by atoms with Crippen molar-refractivity contribution in [2.75, 3.05) is 0 Å². The number of nitrogens with zero attached hydrogens (tertiary/aromatic N) is 5. The molecule has 0 fully saturated rings. The molecule has 0 saturated heterocycles. The summed E-state index contributed by atoms with van der Waals surface area (Å²) in [6, 6.07) is 0.0221. The minimum atomic E-state index is -0.307. The van der Waals surface area contributed by atoms with Gasteiger partial charge in [0.1, 0.15) is 0 Å². The average molecular weight is 207 g/mol. The molecular formula is C9H13N5O. The molecule has 0 N–H and O–H groups in total. The monoisotopic (exact) mass is 207 g/mol. The number of aryl methyl sites for hydroxylation is 1. The van der Waals surface area contributed by atoms with Crippen molar-refractivity contribution in [3.8, 4) is 0 Å². The van der Waals surface area contributed by atoms with Crippen molar-refractivity contribution in [3.63, 3.8) is 0 Å². The zero-order valence-corrected chi connectivity index (χ0v) is 9.01. The van der Waals surface area contributed by atoms with Crippen LogP contribution in [0, 0.1) is 0 Å². The minimum Gasteiger partial charge on any atom is -0.244 e. The first kappa shape index (κ1) is 9.82. The van der Waals surface area contributed by atoms with E-state index in [1.807, 2.05) is 20.8 Å². The van der Waals surface area contributed by atoms with Crippen LogP contribution < -0.4 is 5.69 Å². The van der Waals surface area contributed by atoms with Gasteiger partial charge in [-0.3, -0.25) is 0 Å². The fourth-order valence-corrected chi connectivity index (χ4v) is 1.41. The van der Waals surface area contributed by atoms with Crippen LogP contribution in [0.15, 0.2) is 11.0 Å². The Hall–Kier alpha value is -1.72. The molecule has 80 valence electrons. The molecule has 0 saturated carbocycles. The highest BCUT2D eigenvalue weighted by Crippen LogP contribution is 2.01. The molecule has 6 nitrogen and oxygen atoms in total. The smallest absolute Gasteiger partial charge is 0.244 e. The Morgan fingerprint density at radius 2 is 2.20 bits per heavy atom. The quantitative estimate of drug-likeness (QED) is 0.716. The van der Waals surface area contributed by atoms with Crippen molar-refractivity contribution in [1.82, 2.24) is 24.4 Å². The molecule has 0 spiro atoms. The number of fused-ring (bicyclic) bond motifs is 1. The second kappa shape index (κ2) is 3.45. The van der Waals surface area contributed by atoms with Crippen LogP contribution in [0.25, 0.3) is 5.78 Å². The Labute approximate surface area is 86.6 Å². The van der Waals surface area contributed by atoms with Crippen molar-refractivity contribution in [3.05, 3.63) is 22.4 Å². The van der Waals surface area contributed by atoms with Crippen LogP contribution in [0.1, 0.15) is 32.5 Å². The van der Waals surface area contributed by atoms with Crippen molar-refractivity contribution < 1.29 is 0 Å². The van der Waals surface area contributed by atoms with E-state index < -0.39 is 0 Å². The Morgan fingerprint density at radius 1 is 1.47 bits per heavy atom. The summed E-state index contributed by atoms with van der Waals surface area (Å²) in [5.41, 5.74) is 0.535. The van der Waals surface area contributed by atoms with Crippen LogP contribution >= 0.6 is 0 Å². The van der Waals surface area contributed by atoms with Crippen LogP contribution in [0.2, 0.25) is 0 Å². The topological polar surface area (TPSA) is 65.1 Å². The highest BCUT2D eigenvalue weighted by molar-refractivity contribution is 5.22. The third-order valence-corrected chi connectivity index (χ3v) is 2.18. The second-order valence-corrected chi connectivity index (χ2v) is 3.63. The van der Waals surface area contributed by atoms with Crippen LogP contribution in [-0.2, 0) is 6.42 Å². The molecule has 15 heavy (non-hydrogen) atoms. The standard InChI is InChI=1S/C9H13N5O/c1-4-7-5-10-8-11-9(15)13(6(2)3)14(8)12-7/h5-6H,4H2,1-3H3. The molecular weight excluding hydrogens is 194 g/mol. The molecule has 0 aliphatic rings. The Bertz CT molecular complexity index is 539. The van der Waals surface area contributed by atoms with Crippen LogP contribution in [0.3, 0.4) is 0 Å². The lowest BCUT2D eigenvalue weighted by atomic mass is 10.4. The largest absolute Gasteiger partial charge is 0.367 e. The maximum absolute atomic E-state index is 11.5. The minimum absolute atomic E-state index is 0.0221. The molecule has 2 aromatic rings. The first-order chi connectivity index (χ1) is 7.13. The van der Waals surface area contributed by atoms with Gasteiger partial charge < -0.3 is 0 Å². The summed E-state index contributed by atoms with van der Waals surface area (Å²) in [7, 11) is 0. The van der Waals surface area contributed by atoms with E-state index >= 15 is 0 Å². The Balaban J connectivity index is 2.78. The van der Waals surface area contributed by atoms with Crippen molar-refractivity contribution in [2.24, 2.45) is 0 Å². The highest BCUT2D eigenvalue weighted by Gasteiger charge is 2.11. The predicted octanol–water partition coefficient (Wildman–Crippen LogP) is 0.429. The van der Waals surface area contributed by atoms with E-state index in [-0.39, 0.29) is 11.7 Å². The lowest BCUT2D eigenvalue weighted by Gasteiger charge is -2.06. The molecule has 2 aromatic heterocycles. The van der Waals surface area contributed by atoms with Gasteiger partial charge in [0.15, 0.2) is 0 Å². The second-order valence-electron chi connectivity index (χ2n) is 3.63. The van der Waals surface area contributed by atoms with E-state index in [1.165, 1.54) is 9.31 Å². The van der Waals surface area contributed by atoms with E-state index in [9.17, 15) is 4.79 Å². The summed E-state index contributed by atoms with van der Waals surface area (Å²) >= 11 is 0. The number of hydrogen-bond acceptors (Lipinski definition) is 4. The van der Waals surface area contributed by atoms with Crippen molar-refractivity contribution in [2.45, 2.75) is 33.2 Å². The molecule has 2 rings (SSSR count). The Kier molecular flexibility index (Phi) is 2.26. The zero-order chi connectivity index (χ0) is 11.0. The molecule has 0 aliphatic carbocycles. The van der Waals surface area contributed by atoms with E-state index in [4.69, 9.17) is 0 Å². The average Bonchev–Trinajstić information content (AvgIpc) is 2.52. The normalized spacial score (nSPS) is 11.5.